The van der Waals surface area contributed by atoms with Crippen molar-refractivity contribution in [2.75, 3.05) is 25.1 Å². The number of carbonyl (C=O) groups excluding carboxylic acids is 1. The molecule has 3 aromatic rings. The monoisotopic (exact) mass is 495 g/mol. The van der Waals surface area contributed by atoms with Crippen molar-refractivity contribution in [1.29, 1.82) is 0 Å². The van der Waals surface area contributed by atoms with Gasteiger partial charge in [-0.1, -0.05) is 48.5 Å². The van der Waals surface area contributed by atoms with Crippen LogP contribution < -0.4 is 10.0 Å². The van der Waals surface area contributed by atoms with Crippen LogP contribution in [0.15, 0.2) is 77.7 Å². The Balaban J connectivity index is 1.55. The molecule has 0 saturated carbocycles. The summed E-state index contributed by atoms with van der Waals surface area (Å²) in [5, 5.41) is 14.7. The van der Waals surface area contributed by atoms with Crippen LogP contribution in [0.4, 0.5) is 11.4 Å². The highest BCUT2D eigenvalue weighted by atomic mass is 32.2. The molecule has 3 aromatic carbocycles. The summed E-state index contributed by atoms with van der Waals surface area (Å²) in [7, 11) is -4.36. The minimum Gasteiger partial charge on any atom is -0.381 e. The van der Waals surface area contributed by atoms with E-state index < -0.39 is 20.9 Å². The molecule has 9 nitrogen and oxygen atoms in total. The first-order chi connectivity index (χ1) is 16.8. The third kappa shape index (κ3) is 5.84. The predicted molar refractivity (Wildman–Crippen MR) is 132 cm³/mol. The molecule has 1 saturated heterocycles. The summed E-state index contributed by atoms with van der Waals surface area (Å²) in [5.74, 6) is -0.510. The summed E-state index contributed by atoms with van der Waals surface area (Å²) in [4.78, 5) is 23.6. The van der Waals surface area contributed by atoms with E-state index in [0.717, 1.165) is 24.5 Å². The molecule has 0 unspecified atom stereocenters. The summed E-state index contributed by atoms with van der Waals surface area (Å²) in [5.41, 5.74) is 1.34. The molecular formula is C25H25N3O6S. The van der Waals surface area contributed by atoms with Crippen molar-refractivity contribution in [3.05, 3.63) is 88.5 Å². The van der Waals surface area contributed by atoms with Crippen molar-refractivity contribution in [2.45, 2.75) is 17.7 Å². The van der Waals surface area contributed by atoms with Gasteiger partial charge < -0.3 is 10.1 Å². The fourth-order valence-corrected chi connectivity index (χ4v) is 4.96. The molecule has 1 amide bonds. The minimum atomic E-state index is -4.36. The maximum absolute atomic E-state index is 13.0. The van der Waals surface area contributed by atoms with E-state index in [1.165, 1.54) is 18.2 Å². The summed E-state index contributed by atoms with van der Waals surface area (Å²) >= 11 is 0. The zero-order chi connectivity index (χ0) is 24.8. The summed E-state index contributed by atoms with van der Waals surface area (Å²) in [6.07, 6.45) is 1.70. The number of benzene rings is 3. The van der Waals surface area contributed by atoms with Crippen LogP contribution >= 0.6 is 0 Å². The van der Waals surface area contributed by atoms with Crippen LogP contribution in [0.25, 0.3) is 11.1 Å². The predicted octanol–water partition coefficient (Wildman–Crippen LogP) is 4.22. The van der Waals surface area contributed by atoms with E-state index >= 15 is 0 Å². The molecule has 0 spiro atoms. The molecule has 0 bridgehead atoms. The molecule has 0 aromatic heterocycles. The average molecular weight is 496 g/mol. The maximum Gasteiger partial charge on any atom is 0.293 e. The van der Waals surface area contributed by atoms with Gasteiger partial charge in [0.15, 0.2) is 0 Å². The second kappa shape index (κ2) is 10.7. The van der Waals surface area contributed by atoms with E-state index in [1.54, 1.807) is 18.2 Å². The lowest BCUT2D eigenvalue weighted by Crippen LogP contribution is -2.31. The number of amides is 1. The van der Waals surface area contributed by atoms with Crippen LogP contribution in [-0.4, -0.2) is 39.0 Å². The molecule has 35 heavy (non-hydrogen) atoms. The van der Waals surface area contributed by atoms with Gasteiger partial charge in [-0.25, -0.2) is 13.1 Å². The first kappa shape index (κ1) is 24.4. The van der Waals surface area contributed by atoms with Crippen molar-refractivity contribution in [2.24, 2.45) is 5.92 Å². The van der Waals surface area contributed by atoms with E-state index in [9.17, 15) is 23.3 Å². The van der Waals surface area contributed by atoms with Crippen molar-refractivity contribution < 1.29 is 22.9 Å². The lowest BCUT2D eigenvalue weighted by Gasteiger charge is -2.22. The Kier molecular flexibility index (Phi) is 7.42. The summed E-state index contributed by atoms with van der Waals surface area (Å²) < 4.78 is 33.3. The number of nitrogens with one attached hydrogen (secondary N) is 2. The molecule has 0 radical (unpaired) electrons. The summed E-state index contributed by atoms with van der Waals surface area (Å²) in [6, 6.07) is 19.3. The Hall–Kier alpha value is -3.76. The van der Waals surface area contributed by atoms with E-state index in [4.69, 9.17) is 4.74 Å². The molecule has 1 heterocycles. The highest BCUT2D eigenvalue weighted by molar-refractivity contribution is 7.90. The smallest absolute Gasteiger partial charge is 0.293 e. The van der Waals surface area contributed by atoms with Crippen LogP contribution in [0.1, 0.15) is 23.2 Å². The maximum atomic E-state index is 13.0. The van der Waals surface area contributed by atoms with Crippen LogP contribution in [-0.2, 0) is 14.8 Å². The van der Waals surface area contributed by atoms with E-state index in [-0.39, 0.29) is 21.8 Å². The number of sulfonamides is 1. The highest BCUT2D eigenvalue weighted by Crippen LogP contribution is 2.29. The number of hydrogen-bond acceptors (Lipinski definition) is 7. The van der Waals surface area contributed by atoms with Crippen LogP contribution in [0, 0.1) is 16.0 Å². The Morgan fingerprint density at radius 1 is 1.00 bits per heavy atom. The SMILES string of the molecule is O=C(NS(=O)(=O)c1ccc(NCC2CCOCC2)c([N+](=O)[O-])c1)c1ccccc1-c1ccccc1. The van der Waals surface area contributed by atoms with Gasteiger partial charge in [-0.2, -0.15) is 0 Å². The Morgan fingerprint density at radius 3 is 2.40 bits per heavy atom. The Labute approximate surface area is 203 Å². The van der Waals surface area contributed by atoms with Gasteiger partial charge in [0.2, 0.25) is 0 Å². The second-order valence-electron chi connectivity index (χ2n) is 8.22. The Morgan fingerprint density at radius 2 is 1.69 bits per heavy atom. The number of rotatable bonds is 8. The lowest BCUT2D eigenvalue weighted by atomic mass is 9.99. The van der Waals surface area contributed by atoms with Gasteiger partial charge in [0.25, 0.3) is 21.6 Å². The zero-order valence-corrected chi connectivity index (χ0v) is 19.7. The molecule has 0 aliphatic carbocycles. The molecule has 0 atom stereocenters. The van der Waals surface area contributed by atoms with Crippen molar-refractivity contribution in [1.82, 2.24) is 4.72 Å². The number of hydrogen-bond donors (Lipinski definition) is 2. The van der Waals surface area contributed by atoms with Crippen molar-refractivity contribution >= 4 is 27.3 Å². The highest BCUT2D eigenvalue weighted by Gasteiger charge is 2.25. The molecule has 4 rings (SSSR count). The fraction of sp³-hybridized carbons (Fsp3) is 0.240. The van der Waals surface area contributed by atoms with Crippen molar-refractivity contribution in [3.63, 3.8) is 0 Å². The Bertz CT molecular complexity index is 1320. The average Bonchev–Trinajstić information content (AvgIpc) is 2.88. The van der Waals surface area contributed by atoms with Crippen molar-refractivity contribution in [3.8, 4) is 11.1 Å². The van der Waals surface area contributed by atoms with Gasteiger partial charge in [0, 0.05) is 31.4 Å². The number of anilines is 1. The normalized spacial score (nSPS) is 14.3. The van der Waals surface area contributed by atoms with E-state index in [0.29, 0.717) is 31.2 Å². The third-order valence-electron chi connectivity index (χ3n) is 5.88. The third-order valence-corrected chi connectivity index (χ3v) is 7.21. The van der Waals surface area contributed by atoms with Crippen LogP contribution in [0.3, 0.4) is 0 Å². The molecule has 1 fully saturated rings. The van der Waals surface area contributed by atoms with Gasteiger partial charge in [-0.15, -0.1) is 0 Å². The lowest BCUT2D eigenvalue weighted by molar-refractivity contribution is -0.384. The second-order valence-corrected chi connectivity index (χ2v) is 9.90. The first-order valence-corrected chi connectivity index (χ1v) is 12.6. The fourth-order valence-electron chi connectivity index (χ4n) is 3.97. The molecular weight excluding hydrogens is 470 g/mol. The molecule has 1 aliphatic rings. The molecule has 10 heteroatoms. The molecule has 182 valence electrons. The first-order valence-electron chi connectivity index (χ1n) is 11.2. The zero-order valence-electron chi connectivity index (χ0n) is 18.8. The van der Waals surface area contributed by atoms with Gasteiger partial charge in [0.1, 0.15) is 5.69 Å². The van der Waals surface area contributed by atoms with Crippen LogP contribution in [0.2, 0.25) is 0 Å². The minimum absolute atomic E-state index is 0.173. The van der Waals surface area contributed by atoms with E-state index in [2.05, 4.69) is 5.32 Å². The van der Waals surface area contributed by atoms with Gasteiger partial charge in [0.05, 0.1) is 9.82 Å². The quantitative estimate of drug-likeness (QED) is 0.354. The van der Waals surface area contributed by atoms with Gasteiger partial charge in [-0.05, 0) is 48.1 Å². The largest absolute Gasteiger partial charge is 0.381 e. The standard InChI is InChI=1S/C25H25N3O6S/c29-25(22-9-5-4-8-21(22)19-6-2-1-3-7-19)27-35(32,33)20-10-11-23(24(16-20)28(30)31)26-17-18-12-14-34-15-13-18/h1-11,16,18,26H,12-15,17H2,(H,27,29). The topological polar surface area (TPSA) is 128 Å². The number of nitro groups is 1. The van der Waals surface area contributed by atoms with E-state index in [1.807, 2.05) is 35.1 Å². The van der Waals surface area contributed by atoms with Gasteiger partial charge >= 0.3 is 0 Å². The number of carbonyl (C=O) groups is 1. The molecule has 1 aliphatic heterocycles. The molecule has 2 N–H and O–H groups in total. The van der Waals surface area contributed by atoms with Crippen LogP contribution in [0.5, 0.6) is 0 Å². The van der Waals surface area contributed by atoms with Gasteiger partial charge in [-0.3, -0.25) is 14.9 Å². The number of ether oxygens (including phenoxy) is 1. The number of nitro benzene ring substituents is 1. The summed E-state index contributed by atoms with van der Waals surface area (Å²) in [6.45, 7) is 1.82. The number of nitrogens with zero attached hydrogens (tertiary/aromatic N) is 1.